The fourth-order valence-electron chi connectivity index (χ4n) is 8.84. The zero-order valence-electron chi connectivity index (χ0n) is 31.6. The second-order valence-corrected chi connectivity index (χ2v) is 15.5. The Kier molecular flexibility index (Phi) is 9.86. The van der Waals surface area contributed by atoms with E-state index in [0.717, 1.165) is 99.2 Å². The number of nitrogens with zero attached hydrogens (tertiary/aromatic N) is 7. The van der Waals surface area contributed by atoms with Crippen LogP contribution in [0.25, 0.3) is 0 Å². The second kappa shape index (κ2) is 15.4. The molecule has 3 saturated heterocycles. The maximum atomic E-state index is 12.3. The Hall–Kier alpha value is -5.43. The van der Waals surface area contributed by atoms with Crippen LogP contribution in [0.4, 0.5) is 34.4 Å². The number of carbonyl (C=O) groups excluding carboxylic acids is 2. The molecule has 55 heavy (non-hydrogen) atoms. The Morgan fingerprint density at radius 2 is 1.56 bits per heavy atom. The molecule has 5 aliphatic heterocycles. The minimum absolute atomic E-state index is 0.170. The number of hydrogen-bond donors (Lipinski definition) is 3. The van der Waals surface area contributed by atoms with Gasteiger partial charge in [0.05, 0.1) is 30.0 Å². The fraction of sp³-hybridized carbons (Fsp3) is 0.452. The SMILES string of the molecule is Cc1c(N2CCc3cnc(Nc4ccc(N5CCC(CN6CCN(c7ccc(C8CCC(=O)NC8=O)cc7)CC6)CC5)cc4)nc3C2)cnc2c1NCCO2. The van der Waals surface area contributed by atoms with Crippen LogP contribution in [0.15, 0.2) is 60.9 Å². The molecule has 0 aliphatic carbocycles. The fourth-order valence-corrected chi connectivity index (χ4v) is 8.84. The predicted molar refractivity (Wildman–Crippen MR) is 215 cm³/mol. The molecule has 0 saturated carbocycles. The summed E-state index contributed by atoms with van der Waals surface area (Å²) in [5.74, 6) is 1.44. The molecule has 0 radical (unpaired) electrons. The molecule has 286 valence electrons. The molecule has 0 bridgehead atoms. The van der Waals surface area contributed by atoms with E-state index in [9.17, 15) is 9.59 Å². The number of ether oxygens (including phenoxy) is 1. The van der Waals surface area contributed by atoms with Gasteiger partial charge in [-0.1, -0.05) is 12.1 Å². The monoisotopic (exact) mass is 742 g/mol. The lowest BCUT2D eigenvalue weighted by molar-refractivity contribution is -0.134. The summed E-state index contributed by atoms with van der Waals surface area (Å²) in [6.45, 7) is 12.6. The highest BCUT2D eigenvalue weighted by Crippen LogP contribution is 2.36. The number of anilines is 6. The standard InChI is InChI=1S/C42H50N10O3/c1-28-37(25-44-41-39(28)43-15-23-55-41)52-18-14-31-24-45-42(47-36(31)27-52)46-32-4-8-34(9-5-32)50-16-12-29(13-17-50)26-49-19-21-51(22-20-49)33-6-2-30(3-7-33)35-10-11-38(53)48-40(35)54/h2-9,24-25,29,35,43H,10-23,26-27H2,1H3,(H,45,46,47)(H,48,53,54). The van der Waals surface area contributed by atoms with Crippen LogP contribution >= 0.6 is 0 Å². The molecule has 4 aromatic rings. The zero-order valence-corrected chi connectivity index (χ0v) is 31.6. The van der Waals surface area contributed by atoms with Crippen molar-refractivity contribution >= 4 is 46.2 Å². The van der Waals surface area contributed by atoms with Crippen LogP contribution in [0.3, 0.4) is 0 Å². The number of pyridine rings is 1. The average Bonchev–Trinajstić information content (AvgIpc) is 3.22. The summed E-state index contributed by atoms with van der Waals surface area (Å²) in [5.41, 5.74) is 9.95. The van der Waals surface area contributed by atoms with E-state index in [1.165, 1.54) is 29.8 Å². The number of rotatable bonds is 8. The Labute approximate surface area is 322 Å². The van der Waals surface area contributed by atoms with Gasteiger partial charge in [0.1, 0.15) is 12.3 Å². The Balaban J connectivity index is 0.732. The van der Waals surface area contributed by atoms with Crippen LogP contribution in [-0.4, -0.2) is 97.2 Å². The third-order valence-electron chi connectivity index (χ3n) is 12.1. The minimum Gasteiger partial charge on any atom is -0.474 e. The van der Waals surface area contributed by atoms with Crippen molar-refractivity contribution in [3.05, 3.63) is 83.3 Å². The van der Waals surface area contributed by atoms with Gasteiger partial charge in [-0.25, -0.2) is 15.0 Å². The van der Waals surface area contributed by atoms with Crippen LogP contribution in [0, 0.1) is 12.8 Å². The van der Waals surface area contributed by atoms with Crippen molar-refractivity contribution in [2.24, 2.45) is 5.92 Å². The van der Waals surface area contributed by atoms with E-state index in [1.54, 1.807) is 0 Å². The van der Waals surface area contributed by atoms with Gasteiger partial charge < -0.3 is 30.1 Å². The predicted octanol–water partition coefficient (Wildman–Crippen LogP) is 4.85. The summed E-state index contributed by atoms with van der Waals surface area (Å²) in [6.07, 6.45) is 8.19. The lowest BCUT2D eigenvalue weighted by Gasteiger charge is -2.40. The highest BCUT2D eigenvalue weighted by molar-refractivity contribution is 6.01. The molecule has 2 aromatic carbocycles. The van der Waals surface area contributed by atoms with E-state index in [4.69, 9.17) is 9.72 Å². The number of amides is 2. The lowest BCUT2D eigenvalue weighted by atomic mass is 9.90. The summed E-state index contributed by atoms with van der Waals surface area (Å²) in [6, 6.07) is 17.1. The van der Waals surface area contributed by atoms with E-state index < -0.39 is 0 Å². The summed E-state index contributed by atoms with van der Waals surface area (Å²) >= 11 is 0. The third-order valence-corrected chi connectivity index (χ3v) is 12.1. The first-order valence-corrected chi connectivity index (χ1v) is 19.9. The van der Waals surface area contributed by atoms with Gasteiger partial charge in [-0.3, -0.25) is 19.8 Å². The molecule has 3 N–H and O–H groups in total. The first-order valence-electron chi connectivity index (χ1n) is 19.9. The van der Waals surface area contributed by atoms with Crippen molar-refractivity contribution in [3.8, 4) is 5.88 Å². The quantitative estimate of drug-likeness (QED) is 0.214. The first kappa shape index (κ1) is 35.3. The molecule has 7 heterocycles. The number of piperazine rings is 1. The number of nitrogens with one attached hydrogen (secondary N) is 3. The number of benzene rings is 2. The van der Waals surface area contributed by atoms with E-state index in [1.807, 2.05) is 12.4 Å². The van der Waals surface area contributed by atoms with Gasteiger partial charge in [0.2, 0.25) is 23.6 Å². The van der Waals surface area contributed by atoms with Crippen LogP contribution in [0.5, 0.6) is 5.88 Å². The molecule has 3 fully saturated rings. The van der Waals surface area contributed by atoms with Crippen LogP contribution in [0.2, 0.25) is 0 Å². The number of hydrogen-bond acceptors (Lipinski definition) is 12. The van der Waals surface area contributed by atoms with Gasteiger partial charge in [-0.05, 0) is 86.1 Å². The van der Waals surface area contributed by atoms with Crippen LogP contribution < -0.4 is 35.4 Å². The summed E-state index contributed by atoms with van der Waals surface area (Å²) in [5, 5.41) is 9.37. The molecule has 1 atom stereocenters. The van der Waals surface area contributed by atoms with Gasteiger partial charge in [0, 0.05) is 94.1 Å². The van der Waals surface area contributed by atoms with Crippen molar-refractivity contribution in [1.29, 1.82) is 0 Å². The number of imide groups is 1. The van der Waals surface area contributed by atoms with E-state index in [-0.39, 0.29) is 17.7 Å². The van der Waals surface area contributed by atoms with Crippen LogP contribution in [-0.2, 0) is 22.6 Å². The largest absolute Gasteiger partial charge is 0.474 e. The van der Waals surface area contributed by atoms with Gasteiger partial charge >= 0.3 is 0 Å². The van der Waals surface area contributed by atoms with Gasteiger partial charge in [-0.2, -0.15) is 0 Å². The Morgan fingerprint density at radius 3 is 2.33 bits per heavy atom. The van der Waals surface area contributed by atoms with Gasteiger partial charge in [0.25, 0.3) is 0 Å². The molecule has 9 rings (SSSR count). The van der Waals surface area contributed by atoms with E-state index >= 15 is 0 Å². The number of piperidine rings is 2. The van der Waals surface area contributed by atoms with Gasteiger partial charge in [-0.15, -0.1) is 0 Å². The molecule has 5 aliphatic rings. The maximum Gasteiger partial charge on any atom is 0.237 e. The van der Waals surface area contributed by atoms with Crippen molar-refractivity contribution in [3.63, 3.8) is 0 Å². The topological polar surface area (TPSA) is 131 Å². The molecule has 1 unspecified atom stereocenters. The summed E-state index contributed by atoms with van der Waals surface area (Å²) in [7, 11) is 0. The van der Waals surface area contributed by atoms with Crippen molar-refractivity contribution in [1.82, 2.24) is 25.2 Å². The maximum absolute atomic E-state index is 12.3. The average molecular weight is 743 g/mol. The van der Waals surface area contributed by atoms with Crippen molar-refractivity contribution in [2.45, 2.75) is 51.5 Å². The van der Waals surface area contributed by atoms with Gasteiger partial charge in [0.15, 0.2) is 0 Å². The smallest absolute Gasteiger partial charge is 0.237 e. The Morgan fingerprint density at radius 1 is 0.818 bits per heavy atom. The van der Waals surface area contributed by atoms with Crippen LogP contribution in [0.1, 0.15) is 54.0 Å². The number of carbonyl (C=O) groups is 2. The summed E-state index contributed by atoms with van der Waals surface area (Å²) in [4.78, 5) is 48.0. The van der Waals surface area contributed by atoms with Crippen molar-refractivity contribution < 1.29 is 14.3 Å². The normalized spacial score (nSPS) is 20.6. The highest BCUT2D eigenvalue weighted by atomic mass is 16.5. The number of aromatic nitrogens is 3. The van der Waals surface area contributed by atoms with E-state index in [2.05, 4.69) is 101 Å². The first-order chi connectivity index (χ1) is 26.9. The molecule has 13 heteroatoms. The minimum atomic E-state index is -0.232. The second-order valence-electron chi connectivity index (χ2n) is 15.5. The summed E-state index contributed by atoms with van der Waals surface area (Å²) < 4.78 is 5.74. The zero-order chi connectivity index (χ0) is 37.3. The van der Waals surface area contributed by atoms with Crippen molar-refractivity contribution in [2.75, 3.05) is 90.8 Å². The lowest BCUT2D eigenvalue weighted by Crippen LogP contribution is -2.49. The number of fused-ring (bicyclic) bond motifs is 2. The molecule has 13 nitrogen and oxygen atoms in total. The molecular formula is C42H50N10O3. The molecule has 2 aromatic heterocycles. The highest BCUT2D eigenvalue weighted by Gasteiger charge is 2.29. The Bertz CT molecular complexity index is 2020. The molecular weight excluding hydrogens is 693 g/mol. The molecule has 0 spiro atoms. The third kappa shape index (κ3) is 7.62. The molecule has 2 amide bonds. The van der Waals surface area contributed by atoms with E-state index in [0.29, 0.717) is 43.7 Å².